The molecule has 0 aromatic heterocycles. The lowest BCUT2D eigenvalue weighted by molar-refractivity contribution is -0.143. The number of hydrogen-bond acceptors (Lipinski definition) is 3. The molecule has 0 radical (unpaired) electrons. The fourth-order valence-corrected chi connectivity index (χ4v) is 4.20. The molecule has 31 heavy (non-hydrogen) atoms. The summed E-state index contributed by atoms with van der Waals surface area (Å²) in [5, 5.41) is 6.04. The number of carbonyl (C=O) groups excluding carboxylic acids is 1. The Morgan fingerprint density at radius 3 is 2.13 bits per heavy atom. The first-order chi connectivity index (χ1) is 14.5. The zero-order chi connectivity index (χ0) is 22.8. The van der Waals surface area contributed by atoms with Gasteiger partial charge in [-0.1, -0.05) is 19.3 Å². The van der Waals surface area contributed by atoms with E-state index in [4.69, 9.17) is 4.74 Å². The topological polar surface area (TPSA) is 50.4 Å². The fraction of sp³-hybridized carbons (Fsp3) is 0.667. The molecule has 1 aromatic rings. The molecule has 2 N–H and O–H groups in total. The van der Waals surface area contributed by atoms with E-state index in [1.807, 2.05) is 0 Å². The molecule has 10 heteroatoms. The summed E-state index contributed by atoms with van der Waals surface area (Å²) >= 11 is 0. The summed E-state index contributed by atoms with van der Waals surface area (Å²) in [6.07, 6.45) is -3.62. The first kappa shape index (κ1) is 23.7. The molecule has 2 atom stereocenters. The Kier molecular flexibility index (Phi) is 7.08. The molecule has 4 nitrogen and oxygen atoms in total. The van der Waals surface area contributed by atoms with Gasteiger partial charge >= 0.3 is 12.4 Å². The number of amides is 1. The minimum Gasteiger partial charge on any atom is -0.496 e. The predicted octanol–water partition coefficient (Wildman–Crippen LogP) is 5.16. The molecule has 2 aliphatic rings. The molecular formula is C21H26F6N2O2. The van der Waals surface area contributed by atoms with Crippen LogP contribution in [-0.4, -0.2) is 31.6 Å². The number of rotatable bonds is 6. The highest BCUT2D eigenvalue weighted by atomic mass is 19.4. The summed E-state index contributed by atoms with van der Waals surface area (Å²) in [4.78, 5) is 12.9. The Hall–Kier alpha value is -1.97. The Balaban J connectivity index is 1.86. The predicted molar refractivity (Wildman–Crippen MR) is 102 cm³/mol. The van der Waals surface area contributed by atoms with E-state index in [0.717, 1.165) is 45.8 Å². The Morgan fingerprint density at radius 1 is 0.968 bits per heavy atom. The van der Waals surface area contributed by atoms with E-state index in [1.165, 1.54) is 6.42 Å². The van der Waals surface area contributed by atoms with Crippen molar-refractivity contribution >= 4 is 5.91 Å². The van der Waals surface area contributed by atoms with Crippen LogP contribution in [0.2, 0.25) is 0 Å². The number of carbonyl (C=O) groups is 1. The number of methoxy groups -OCH3 is 1. The van der Waals surface area contributed by atoms with Crippen LogP contribution in [0.25, 0.3) is 0 Å². The van der Waals surface area contributed by atoms with Gasteiger partial charge in [0.1, 0.15) is 5.75 Å². The zero-order valence-electron chi connectivity index (χ0n) is 17.1. The Labute approximate surface area is 176 Å². The van der Waals surface area contributed by atoms with Gasteiger partial charge in [-0.3, -0.25) is 4.79 Å². The summed E-state index contributed by atoms with van der Waals surface area (Å²) in [7, 11) is 0.940. The van der Waals surface area contributed by atoms with Crippen LogP contribution in [0.15, 0.2) is 12.1 Å². The van der Waals surface area contributed by atoms with Crippen molar-refractivity contribution in [3.63, 3.8) is 0 Å². The van der Waals surface area contributed by atoms with Crippen molar-refractivity contribution in [1.82, 2.24) is 10.6 Å². The van der Waals surface area contributed by atoms with Gasteiger partial charge in [0.15, 0.2) is 0 Å². The monoisotopic (exact) mass is 452 g/mol. The van der Waals surface area contributed by atoms with E-state index in [9.17, 15) is 31.1 Å². The maximum absolute atomic E-state index is 13.6. The molecule has 0 spiro atoms. The normalized spacial score (nSPS) is 22.7. The van der Waals surface area contributed by atoms with Gasteiger partial charge in [-0.2, -0.15) is 26.3 Å². The largest absolute Gasteiger partial charge is 0.496 e. The van der Waals surface area contributed by atoms with Crippen LogP contribution in [-0.2, 0) is 12.4 Å². The second-order valence-corrected chi connectivity index (χ2v) is 8.27. The van der Waals surface area contributed by atoms with Gasteiger partial charge in [0, 0.05) is 12.1 Å². The molecule has 2 aliphatic carbocycles. The fourth-order valence-electron chi connectivity index (χ4n) is 4.20. The lowest BCUT2D eigenvalue weighted by atomic mass is 9.84. The molecule has 174 valence electrons. The van der Waals surface area contributed by atoms with Crippen LogP contribution in [0.5, 0.6) is 5.75 Å². The van der Waals surface area contributed by atoms with Crippen LogP contribution in [0.1, 0.15) is 66.4 Å². The van der Waals surface area contributed by atoms with Gasteiger partial charge in [0.05, 0.1) is 23.8 Å². The smallest absolute Gasteiger partial charge is 0.417 e. The van der Waals surface area contributed by atoms with Crippen molar-refractivity contribution < 1.29 is 35.9 Å². The minimum absolute atomic E-state index is 0.0371. The second-order valence-electron chi connectivity index (χ2n) is 8.27. The van der Waals surface area contributed by atoms with Crippen molar-refractivity contribution in [2.24, 2.45) is 5.92 Å². The van der Waals surface area contributed by atoms with Gasteiger partial charge in [0.25, 0.3) is 5.91 Å². The average Bonchev–Trinajstić information content (AvgIpc) is 2.65. The minimum atomic E-state index is -5.16. The maximum atomic E-state index is 13.6. The number of alkyl halides is 6. The van der Waals surface area contributed by atoms with E-state index < -0.39 is 46.7 Å². The summed E-state index contributed by atoms with van der Waals surface area (Å²) in [5.41, 5.74) is -4.11. The van der Waals surface area contributed by atoms with Gasteiger partial charge in [-0.25, -0.2) is 0 Å². The molecule has 0 bridgehead atoms. The average molecular weight is 452 g/mol. The van der Waals surface area contributed by atoms with Crippen molar-refractivity contribution in [3.05, 3.63) is 28.8 Å². The summed E-state index contributed by atoms with van der Waals surface area (Å²) < 4.78 is 84.8. The SMILES string of the molecule is COc1cc(C(F)(F)F)cc(C(F)(F)F)c1C(=O)NC1CCCCC1NCC1CCC1. The van der Waals surface area contributed by atoms with Gasteiger partial charge in [0.2, 0.25) is 0 Å². The van der Waals surface area contributed by atoms with Crippen molar-refractivity contribution in [1.29, 1.82) is 0 Å². The third kappa shape index (κ3) is 5.64. The maximum Gasteiger partial charge on any atom is 0.417 e. The highest BCUT2D eigenvalue weighted by molar-refractivity contribution is 5.99. The first-order valence-corrected chi connectivity index (χ1v) is 10.4. The third-order valence-electron chi connectivity index (χ3n) is 6.16. The van der Waals surface area contributed by atoms with Gasteiger partial charge < -0.3 is 15.4 Å². The van der Waals surface area contributed by atoms with E-state index in [1.54, 1.807) is 0 Å². The zero-order valence-corrected chi connectivity index (χ0v) is 17.1. The van der Waals surface area contributed by atoms with Crippen molar-refractivity contribution in [3.8, 4) is 5.75 Å². The quantitative estimate of drug-likeness (QED) is 0.586. The van der Waals surface area contributed by atoms with Gasteiger partial charge in [-0.05, 0) is 50.3 Å². The van der Waals surface area contributed by atoms with Crippen molar-refractivity contribution in [2.75, 3.05) is 13.7 Å². The molecule has 0 heterocycles. The van der Waals surface area contributed by atoms with Gasteiger partial charge in [-0.15, -0.1) is 0 Å². The number of halogens is 6. The Morgan fingerprint density at radius 2 is 1.61 bits per heavy atom. The van der Waals surface area contributed by atoms with Crippen LogP contribution < -0.4 is 15.4 Å². The highest BCUT2D eigenvalue weighted by Crippen LogP contribution is 2.41. The summed E-state index contributed by atoms with van der Waals surface area (Å²) in [6.45, 7) is 0.786. The number of benzene rings is 1. The van der Waals surface area contributed by atoms with E-state index in [2.05, 4.69) is 10.6 Å². The van der Waals surface area contributed by atoms with Crippen molar-refractivity contribution in [2.45, 2.75) is 69.4 Å². The van der Waals surface area contributed by atoms with E-state index in [0.29, 0.717) is 18.4 Å². The van der Waals surface area contributed by atoms with Crippen LogP contribution in [0.4, 0.5) is 26.3 Å². The lowest BCUT2D eigenvalue weighted by Gasteiger charge is -2.35. The molecule has 1 amide bonds. The van der Waals surface area contributed by atoms with Crippen LogP contribution in [0.3, 0.4) is 0 Å². The number of hydrogen-bond donors (Lipinski definition) is 2. The van der Waals surface area contributed by atoms with E-state index >= 15 is 0 Å². The van der Waals surface area contributed by atoms with E-state index in [-0.39, 0.29) is 12.1 Å². The third-order valence-corrected chi connectivity index (χ3v) is 6.16. The van der Waals surface area contributed by atoms with Crippen LogP contribution >= 0.6 is 0 Å². The standard InChI is InChI=1S/C21H26F6N2O2/c1-31-17-10-13(20(22,23)24)9-14(21(25,26)27)18(17)19(30)29-16-8-3-2-7-15(16)28-11-12-5-4-6-12/h9-10,12,15-16,28H,2-8,11H2,1H3,(H,29,30). The highest BCUT2D eigenvalue weighted by Gasteiger charge is 2.42. The van der Waals surface area contributed by atoms with Crippen LogP contribution in [0, 0.1) is 5.92 Å². The first-order valence-electron chi connectivity index (χ1n) is 10.4. The molecular weight excluding hydrogens is 426 g/mol. The number of ether oxygens (including phenoxy) is 1. The lowest BCUT2D eigenvalue weighted by Crippen LogP contribution is -2.53. The summed E-state index contributed by atoms with van der Waals surface area (Å²) in [6, 6.07) is -0.107. The molecule has 2 fully saturated rings. The molecule has 3 rings (SSSR count). The molecule has 0 aliphatic heterocycles. The Bertz CT molecular complexity index is 789. The molecule has 2 unspecified atom stereocenters. The number of nitrogens with one attached hydrogen (secondary N) is 2. The molecule has 1 aromatic carbocycles. The summed E-state index contributed by atoms with van der Waals surface area (Å²) in [5.74, 6) is -1.26. The molecule has 0 saturated heterocycles. The molecule has 2 saturated carbocycles. The second kappa shape index (κ2) is 9.26.